The number of Topliss-reactive ketones (excluding diaryl/α,β-unsaturated/α-hetero) is 1. The summed E-state index contributed by atoms with van der Waals surface area (Å²) in [5.74, 6) is -3.01. The second kappa shape index (κ2) is 10.8. The molecule has 0 spiro atoms. The minimum Gasteiger partial charge on any atom is -0.507 e. The first-order valence-corrected chi connectivity index (χ1v) is 12.1. The van der Waals surface area contributed by atoms with Crippen molar-refractivity contribution >= 4 is 39.9 Å². The predicted molar refractivity (Wildman–Crippen MR) is 136 cm³/mol. The normalized spacial score (nSPS) is 16.6. The van der Waals surface area contributed by atoms with Crippen LogP contribution in [0.2, 0.25) is 0 Å². The van der Waals surface area contributed by atoms with Gasteiger partial charge in [0.05, 0.1) is 23.9 Å². The molecule has 0 saturated carbocycles. The average Bonchev–Trinajstić information content (AvgIpc) is 3.39. The third-order valence-electron chi connectivity index (χ3n) is 5.56. The fourth-order valence-corrected chi connectivity index (χ4v) is 4.91. The molecule has 190 valence electrons. The SMILES string of the molecule is C=CCOC(=O)c1sc(N2C(=O)C(=O)C(=C(O)c3ccc(F)cc3)C2c2cccc(OCC)c2)nc1C. The maximum absolute atomic E-state index is 13.5. The predicted octanol–water partition coefficient (Wildman–Crippen LogP) is 4.96. The molecule has 1 fully saturated rings. The number of thiazole rings is 1. The van der Waals surface area contributed by atoms with E-state index in [0.29, 0.717) is 23.6 Å². The van der Waals surface area contributed by atoms with Crippen molar-refractivity contribution in [2.75, 3.05) is 18.1 Å². The third-order valence-corrected chi connectivity index (χ3v) is 6.69. The number of aryl methyl sites for hydroxylation is 1. The van der Waals surface area contributed by atoms with E-state index in [9.17, 15) is 23.9 Å². The Morgan fingerprint density at radius 3 is 2.65 bits per heavy atom. The quantitative estimate of drug-likeness (QED) is 0.147. The first-order valence-electron chi connectivity index (χ1n) is 11.3. The molecule has 1 aromatic heterocycles. The molecule has 8 nitrogen and oxygen atoms in total. The van der Waals surface area contributed by atoms with Crippen LogP contribution in [0.15, 0.2) is 66.8 Å². The zero-order chi connectivity index (χ0) is 26.7. The van der Waals surface area contributed by atoms with Crippen LogP contribution in [0.5, 0.6) is 5.75 Å². The van der Waals surface area contributed by atoms with Gasteiger partial charge in [0, 0.05) is 5.56 Å². The fraction of sp³-hybridized carbons (Fsp3) is 0.185. The number of anilines is 1. The number of halogens is 1. The lowest BCUT2D eigenvalue weighted by Crippen LogP contribution is -2.29. The standard InChI is InChI=1S/C27H23FN2O6S/c1-4-13-36-26(34)24-15(3)29-27(37-24)30-21(17-7-6-8-19(14-17)35-5-2)20(23(32)25(30)33)22(31)16-9-11-18(28)12-10-16/h4,6-12,14,21,31H,1,5,13H2,2-3H3. The number of ketones is 1. The summed E-state index contributed by atoms with van der Waals surface area (Å²) < 4.78 is 24.2. The van der Waals surface area contributed by atoms with Gasteiger partial charge in [-0.05, 0) is 55.8 Å². The molecular formula is C27H23FN2O6S. The molecule has 1 saturated heterocycles. The summed E-state index contributed by atoms with van der Waals surface area (Å²) in [5.41, 5.74) is 0.747. The van der Waals surface area contributed by atoms with Crippen LogP contribution in [0.25, 0.3) is 5.76 Å². The lowest BCUT2D eigenvalue weighted by atomic mass is 9.95. The number of amides is 1. The number of rotatable bonds is 8. The molecule has 1 aliphatic rings. The summed E-state index contributed by atoms with van der Waals surface area (Å²) in [7, 11) is 0. The van der Waals surface area contributed by atoms with Crippen LogP contribution in [-0.2, 0) is 14.3 Å². The molecule has 37 heavy (non-hydrogen) atoms. The highest BCUT2D eigenvalue weighted by Gasteiger charge is 2.48. The van der Waals surface area contributed by atoms with Gasteiger partial charge in [-0.1, -0.05) is 36.1 Å². The Morgan fingerprint density at radius 2 is 1.97 bits per heavy atom. The Morgan fingerprint density at radius 1 is 1.24 bits per heavy atom. The van der Waals surface area contributed by atoms with E-state index in [2.05, 4.69) is 11.6 Å². The number of hydrogen-bond acceptors (Lipinski definition) is 8. The van der Waals surface area contributed by atoms with Crippen molar-refractivity contribution in [2.24, 2.45) is 0 Å². The van der Waals surface area contributed by atoms with Crippen LogP contribution in [0.3, 0.4) is 0 Å². The van der Waals surface area contributed by atoms with Gasteiger partial charge in [-0.15, -0.1) is 0 Å². The van der Waals surface area contributed by atoms with E-state index in [1.54, 1.807) is 31.2 Å². The highest BCUT2D eigenvalue weighted by molar-refractivity contribution is 7.17. The van der Waals surface area contributed by atoms with E-state index in [-0.39, 0.29) is 27.8 Å². The molecule has 4 rings (SSSR count). The first kappa shape index (κ1) is 25.8. The molecule has 0 radical (unpaired) electrons. The van der Waals surface area contributed by atoms with Crippen LogP contribution in [0, 0.1) is 12.7 Å². The number of hydrogen-bond donors (Lipinski definition) is 1. The maximum atomic E-state index is 13.5. The van der Waals surface area contributed by atoms with Gasteiger partial charge in [-0.3, -0.25) is 14.5 Å². The molecule has 10 heteroatoms. The molecule has 2 aromatic carbocycles. The molecule has 1 aliphatic heterocycles. The number of ether oxygens (including phenoxy) is 2. The highest BCUT2D eigenvalue weighted by Crippen LogP contribution is 2.44. The molecule has 0 aliphatic carbocycles. The Hall–Kier alpha value is -4.31. The summed E-state index contributed by atoms with van der Waals surface area (Å²) >= 11 is 0.893. The summed E-state index contributed by atoms with van der Waals surface area (Å²) in [6.07, 6.45) is 1.43. The number of aliphatic hydroxyl groups excluding tert-OH is 1. The number of nitrogens with zero attached hydrogens (tertiary/aromatic N) is 2. The van der Waals surface area contributed by atoms with Crippen LogP contribution in [-0.4, -0.2) is 41.0 Å². The van der Waals surface area contributed by atoms with Gasteiger partial charge < -0.3 is 14.6 Å². The van der Waals surface area contributed by atoms with Crippen LogP contribution in [0.1, 0.15) is 39.5 Å². The largest absolute Gasteiger partial charge is 0.507 e. The highest BCUT2D eigenvalue weighted by atomic mass is 32.1. The molecular weight excluding hydrogens is 499 g/mol. The van der Waals surface area contributed by atoms with Crippen molar-refractivity contribution in [3.8, 4) is 5.75 Å². The fourth-order valence-electron chi connectivity index (χ4n) is 3.92. The van der Waals surface area contributed by atoms with Crippen molar-refractivity contribution in [1.29, 1.82) is 0 Å². The van der Waals surface area contributed by atoms with Crippen LogP contribution >= 0.6 is 11.3 Å². The minimum atomic E-state index is -1.09. The van der Waals surface area contributed by atoms with Crippen molar-refractivity contribution in [3.63, 3.8) is 0 Å². The van der Waals surface area contributed by atoms with Crippen LogP contribution in [0.4, 0.5) is 9.52 Å². The molecule has 1 unspecified atom stereocenters. The zero-order valence-corrected chi connectivity index (χ0v) is 20.9. The second-order valence-corrected chi connectivity index (χ2v) is 8.96. The smallest absolute Gasteiger partial charge is 0.350 e. The number of carbonyl (C=O) groups excluding carboxylic acids is 3. The van der Waals surface area contributed by atoms with E-state index in [1.807, 2.05) is 6.92 Å². The number of carbonyl (C=O) groups is 3. The average molecular weight is 523 g/mol. The molecule has 1 atom stereocenters. The zero-order valence-electron chi connectivity index (χ0n) is 20.1. The van der Waals surface area contributed by atoms with E-state index >= 15 is 0 Å². The van der Waals surface area contributed by atoms with Crippen molar-refractivity contribution in [2.45, 2.75) is 19.9 Å². The Balaban J connectivity index is 1.89. The van der Waals surface area contributed by atoms with Gasteiger partial charge in [0.25, 0.3) is 5.78 Å². The van der Waals surface area contributed by atoms with Crippen molar-refractivity contribution in [1.82, 2.24) is 4.98 Å². The van der Waals surface area contributed by atoms with Gasteiger partial charge in [-0.25, -0.2) is 14.2 Å². The summed E-state index contributed by atoms with van der Waals surface area (Å²) in [6, 6.07) is 10.6. The Labute approximate surface area is 216 Å². The van der Waals surface area contributed by atoms with Gasteiger partial charge in [0.1, 0.15) is 28.8 Å². The first-order chi connectivity index (χ1) is 17.8. The van der Waals surface area contributed by atoms with E-state index in [0.717, 1.165) is 28.4 Å². The number of aromatic nitrogens is 1. The number of benzene rings is 2. The van der Waals surface area contributed by atoms with Gasteiger partial charge in [0.15, 0.2) is 5.13 Å². The second-order valence-electron chi connectivity index (χ2n) is 7.98. The third kappa shape index (κ3) is 5.01. The summed E-state index contributed by atoms with van der Waals surface area (Å²) in [5, 5.41) is 11.2. The van der Waals surface area contributed by atoms with E-state index in [1.165, 1.54) is 18.2 Å². The molecule has 1 N–H and O–H groups in total. The van der Waals surface area contributed by atoms with Gasteiger partial charge >= 0.3 is 11.9 Å². The lowest BCUT2D eigenvalue weighted by Gasteiger charge is -2.23. The van der Waals surface area contributed by atoms with Crippen molar-refractivity contribution in [3.05, 3.63) is 94.3 Å². The van der Waals surface area contributed by atoms with Gasteiger partial charge in [0.2, 0.25) is 0 Å². The van der Waals surface area contributed by atoms with Crippen molar-refractivity contribution < 1.29 is 33.4 Å². The summed E-state index contributed by atoms with van der Waals surface area (Å²) in [4.78, 5) is 44.8. The monoisotopic (exact) mass is 522 g/mol. The summed E-state index contributed by atoms with van der Waals surface area (Å²) in [6.45, 7) is 7.31. The lowest BCUT2D eigenvalue weighted by molar-refractivity contribution is -0.132. The van der Waals surface area contributed by atoms with E-state index in [4.69, 9.17) is 9.47 Å². The molecule has 1 amide bonds. The Bertz CT molecular complexity index is 1410. The van der Waals surface area contributed by atoms with Crippen LogP contribution < -0.4 is 9.64 Å². The topological polar surface area (TPSA) is 106 Å². The van der Waals surface area contributed by atoms with Gasteiger partial charge in [-0.2, -0.15) is 0 Å². The maximum Gasteiger partial charge on any atom is 0.350 e. The molecule has 3 aromatic rings. The van der Waals surface area contributed by atoms with E-state index < -0.39 is 35.3 Å². The number of esters is 1. The number of aliphatic hydroxyl groups is 1. The molecule has 2 heterocycles. The minimum absolute atomic E-state index is 0.00207. The Kier molecular flexibility index (Phi) is 7.49. The molecule has 0 bridgehead atoms.